The zero-order valence-electron chi connectivity index (χ0n) is 10.5. The van der Waals surface area contributed by atoms with Gasteiger partial charge in [0.1, 0.15) is 0 Å². The maximum Gasteiger partial charge on any atom is 0.224 e. The van der Waals surface area contributed by atoms with E-state index in [0.29, 0.717) is 5.92 Å². The van der Waals surface area contributed by atoms with Crippen LogP contribution in [0.15, 0.2) is 0 Å². The molecule has 1 saturated carbocycles. The van der Waals surface area contributed by atoms with Crippen LogP contribution in [0.4, 0.5) is 0 Å². The molecule has 2 aliphatic rings. The van der Waals surface area contributed by atoms with Gasteiger partial charge < -0.3 is 15.7 Å². The SMILES string of the molecule is O=C(NCC1CCC(O)CC1)[C@@H]1CCCNC1. The summed E-state index contributed by atoms with van der Waals surface area (Å²) in [6, 6.07) is 0. The molecule has 4 heteroatoms. The van der Waals surface area contributed by atoms with E-state index in [1.165, 1.54) is 0 Å². The predicted octanol–water partition coefficient (Wildman–Crippen LogP) is 0.653. The van der Waals surface area contributed by atoms with Gasteiger partial charge in [0.05, 0.1) is 12.0 Å². The summed E-state index contributed by atoms with van der Waals surface area (Å²) in [6.45, 7) is 2.67. The van der Waals surface area contributed by atoms with Gasteiger partial charge in [0, 0.05) is 13.1 Å². The topological polar surface area (TPSA) is 61.4 Å². The van der Waals surface area contributed by atoms with Crippen LogP contribution < -0.4 is 10.6 Å². The second-order valence-corrected chi connectivity index (χ2v) is 5.46. The van der Waals surface area contributed by atoms with Gasteiger partial charge in [0.15, 0.2) is 0 Å². The van der Waals surface area contributed by atoms with Crippen LogP contribution in [0.1, 0.15) is 38.5 Å². The fourth-order valence-electron chi connectivity index (χ4n) is 2.81. The van der Waals surface area contributed by atoms with Crippen molar-refractivity contribution in [2.45, 2.75) is 44.6 Å². The zero-order valence-corrected chi connectivity index (χ0v) is 10.5. The van der Waals surface area contributed by atoms with E-state index in [1.54, 1.807) is 0 Å². The van der Waals surface area contributed by atoms with Crippen molar-refractivity contribution in [1.29, 1.82) is 0 Å². The first-order valence-corrected chi connectivity index (χ1v) is 6.92. The van der Waals surface area contributed by atoms with Crippen molar-refractivity contribution < 1.29 is 9.90 Å². The Kier molecular flexibility index (Phi) is 4.80. The summed E-state index contributed by atoms with van der Waals surface area (Å²) in [5.74, 6) is 0.945. The van der Waals surface area contributed by atoms with Crippen molar-refractivity contribution in [1.82, 2.24) is 10.6 Å². The van der Waals surface area contributed by atoms with Crippen molar-refractivity contribution in [3.63, 3.8) is 0 Å². The number of carbonyl (C=O) groups is 1. The molecule has 1 aliphatic carbocycles. The van der Waals surface area contributed by atoms with Crippen LogP contribution >= 0.6 is 0 Å². The van der Waals surface area contributed by atoms with E-state index in [2.05, 4.69) is 10.6 Å². The number of aliphatic hydroxyl groups is 1. The normalized spacial score (nSPS) is 34.3. The maximum atomic E-state index is 11.9. The smallest absolute Gasteiger partial charge is 0.224 e. The third-order valence-electron chi connectivity index (χ3n) is 4.05. The Labute approximate surface area is 103 Å². The quantitative estimate of drug-likeness (QED) is 0.679. The van der Waals surface area contributed by atoms with Gasteiger partial charge in [-0.3, -0.25) is 4.79 Å². The molecule has 17 heavy (non-hydrogen) atoms. The average molecular weight is 240 g/mol. The molecule has 4 nitrogen and oxygen atoms in total. The highest BCUT2D eigenvalue weighted by atomic mass is 16.3. The second kappa shape index (κ2) is 6.36. The van der Waals surface area contributed by atoms with Gasteiger partial charge in [0.25, 0.3) is 0 Å². The first kappa shape index (κ1) is 12.8. The van der Waals surface area contributed by atoms with Crippen molar-refractivity contribution in [3.05, 3.63) is 0 Å². The lowest BCUT2D eigenvalue weighted by atomic mass is 9.87. The number of rotatable bonds is 3. The molecule has 0 aromatic carbocycles. The summed E-state index contributed by atoms with van der Waals surface area (Å²) < 4.78 is 0. The number of carbonyl (C=O) groups excluding carboxylic acids is 1. The molecule has 98 valence electrons. The lowest BCUT2D eigenvalue weighted by Gasteiger charge is -2.27. The number of aliphatic hydroxyl groups excluding tert-OH is 1. The molecule has 3 N–H and O–H groups in total. The van der Waals surface area contributed by atoms with Gasteiger partial charge in [-0.05, 0) is 51.0 Å². The predicted molar refractivity (Wildman–Crippen MR) is 66.6 cm³/mol. The molecule has 1 aliphatic heterocycles. The Morgan fingerprint density at radius 2 is 2.00 bits per heavy atom. The number of piperidine rings is 1. The van der Waals surface area contributed by atoms with Crippen LogP contribution in [0.25, 0.3) is 0 Å². The van der Waals surface area contributed by atoms with Crippen LogP contribution in [0, 0.1) is 11.8 Å². The molecule has 1 atom stereocenters. The van der Waals surface area contributed by atoms with Crippen LogP contribution in [0.3, 0.4) is 0 Å². The highest BCUT2D eigenvalue weighted by Gasteiger charge is 2.23. The molecular formula is C13H24N2O2. The molecule has 0 aromatic heterocycles. The molecular weight excluding hydrogens is 216 g/mol. The summed E-state index contributed by atoms with van der Waals surface area (Å²) in [7, 11) is 0. The van der Waals surface area contributed by atoms with Crippen molar-refractivity contribution in [2.75, 3.05) is 19.6 Å². The van der Waals surface area contributed by atoms with Crippen LogP contribution in [-0.2, 0) is 4.79 Å². The molecule has 2 fully saturated rings. The van der Waals surface area contributed by atoms with E-state index in [9.17, 15) is 9.90 Å². The summed E-state index contributed by atoms with van der Waals surface area (Å²) in [5, 5.41) is 15.8. The van der Waals surface area contributed by atoms with Crippen molar-refractivity contribution >= 4 is 5.91 Å². The summed E-state index contributed by atoms with van der Waals surface area (Å²) in [5.41, 5.74) is 0. The molecule has 0 aromatic rings. The van der Waals surface area contributed by atoms with E-state index in [1.807, 2.05) is 0 Å². The van der Waals surface area contributed by atoms with Gasteiger partial charge >= 0.3 is 0 Å². The first-order valence-electron chi connectivity index (χ1n) is 6.92. The number of nitrogens with one attached hydrogen (secondary N) is 2. The Morgan fingerprint density at radius 3 is 2.65 bits per heavy atom. The molecule has 1 saturated heterocycles. The lowest BCUT2D eigenvalue weighted by Crippen LogP contribution is -2.42. The molecule has 1 amide bonds. The molecule has 0 radical (unpaired) electrons. The monoisotopic (exact) mass is 240 g/mol. The van der Waals surface area contributed by atoms with Gasteiger partial charge in [-0.2, -0.15) is 0 Å². The van der Waals surface area contributed by atoms with Crippen LogP contribution in [0.2, 0.25) is 0 Å². The number of hydrogen-bond acceptors (Lipinski definition) is 3. The minimum Gasteiger partial charge on any atom is -0.393 e. The zero-order chi connectivity index (χ0) is 12.1. The van der Waals surface area contributed by atoms with E-state index >= 15 is 0 Å². The third-order valence-corrected chi connectivity index (χ3v) is 4.05. The lowest BCUT2D eigenvalue weighted by molar-refractivity contribution is -0.125. The summed E-state index contributed by atoms with van der Waals surface area (Å²) >= 11 is 0. The van der Waals surface area contributed by atoms with Crippen LogP contribution in [-0.4, -0.2) is 36.8 Å². The van der Waals surface area contributed by atoms with Crippen molar-refractivity contribution in [2.24, 2.45) is 11.8 Å². The van der Waals surface area contributed by atoms with Gasteiger partial charge in [-0.15, -0.1) is 0 Å². The second-order valence-electron chi connectivity index (χ2n) is 5.46. The summed E-state index contributed by atoms with van der Waals surface area (Å²) in [4.78, 5) is 11.9. The number of amides is 1. The van der Waals surface area contributed by atoms with E-state index in [-0.39, 0.29) is 17.9 Å². The van der Waals surface area contributed by atoms with E-state index in [0.717, 1.165) is 58.2 Å². The molecule has 2 rings (SSSR count). The van der Waals surface area contributed by atoms with Crippen LogP contribution in [0.5, 0.6) is 0 Å². The maximum absolute atomic E-state index is 11.9. The first-order chi connectivity index (χ1) is 8.25. The van der Waals surface area contributed by atoms with E-state index < -0.39 is 0 Å². The number of hydrogen-bond donors (Lipinski definition) is 3. The van der Waals surface area contributed by atoms with Gasteiger partial charge in [-0.1, -0.05) is 0 Å². The molecule has 0 bridgehead atoms. The highest BCUT2D eigenvalue weighted by Crippen LogP contribution is 2.23. The Hall–Kier alpha value is -0.610. The Balaban J connectivity index is 1.65. The fraction of sp³-hybridized carbons (Fsp3) is 0.923. The molecule has 0 unspecified atom stereocenters. The Morgan fingerprint density at radius 1 is 1.24 bits per heavy atom. The minimum atomic E-state index is -0.107. The van der Waals surface area contributed by atoms with Crippen molar-refractivity contribution in [3.8, 4) is 0 Å². The molecule has 1 heterocycles. The summed E-state index contributed by atoms with van der Waals surface area (Å²) in [6.07, 6.45) is 5.89. The fourth-order valence-corrected chi connectivity index (χ4v) is 2.81. The standard InChI is InChI=1S/C13H24N2O2/c16-12-5-3-10(4-6-12)8-15-13(17)11-2-1-7-14-9-11/h10-12,14,16H,1-9H2,(H,15,17)/t10?,11-,12?/m1/s1. The largest absolute Gasteiger partial charge is 0.393 e. The molecule has 0 spiro atoms. The average Bonchev–Trinajstić information content (AvgIpc) is 2.39. The third kappa shape index (κ3) is 3.96. The van der Waals surface area contributed by atoms with Gasteiger partial charge in [-0.25, -0.2) is 0 Å². The highest BCUT2D eigenvalue weighted by molar-refractivity contribution is 5.78. The van der Waals surface area contributed by atoms with E-state index in [4.69, 9.17) is 0 Å². The Bertz CT molecular complexity index is 244. The van der Waals surface area contributed by atoms with Gasteiger partial charge in [0.2, 0.25) is 5.91 Å². The minimum absolute atomic E-state index is 0.107.